The smallest absolute Gasteiger partial charge is 0.126 e. The first-order chi connectivity index (χ1) is 16.8. The van der Waals surface area contributed by atoms with Gasteiger partial charge in [0, 0.05) is 35.3 Å². The molecule has 0 saturated heterocycles. The predicted octanol–water partition coefficient (Wildman–Crippen LogP) is 6.38. The molecule has 3 nitrogen and oxygen atoms in total. The van der Waals surface area contributed by atoms with Gasteiger partial charge in [0.25, 0.3) is 0 Å². The van der Waals surface area contributed by atoms with Crippen LogP contribution >= 0.6 is 0 Å². The lowest BCUT2D eigenvalue weighted by atomic mass is 9.75. The minimum Gasteiger partial charge on any atom is -0.367 e. The van der Waals surface area contributed by atoms with Gasteiger partial charge in [-0.25, -0.2) is 4.98 Å². The lowest BCUT2D eigenvalue weighted by Gasteiger charge is -2.36. The molecule has 0 aliphatic heterocycles. The van der Waals surface area contributed by atoms with Gasteiger partial charge in [-0.15, -0.1) is 0 Å². The minimum atomic E-state index is 0.123. The van der Waals surface area contributed by atoms with Gasteiger partial charge in [-0.2, -0.15) is 0 Å². The van der Waals surface area contributed by atoms with E-state index in [0.29, 0.717) is 18.0 Å². The number of anilines is 1. The molecule has 1 fully saturated rings. The molecule has 0 radical (unpaired) electrons. The zero-order chi connectivity index (χ0) is 22.5. The molecule has 34 heavy (non-hydrogen) atoms. The molecule has 3 aliphatic carbocycles. The van der Waals surface area contributed by atoms with Crippen molar-refractivity contribution < 1.29 is 0 Å². The Labute approximate surface area is 201 Å². The van der Waals surface area contributed by atoms with E-state index in [9.17, 15) is 0 Å². The van der Waals surface area contributed by atoms with Gasteiger partial charge in [-0.05, 0) is 72.6 Å². The molecular weight excluding hydrogens is 414 g/mol. The lowest BCUT2D eigenvalue weighted by molar-refractivity contribution is 0.328. The number of fused-ring (bicyclic) bond motifs is 9. The largest absolute Gasteiger partial charge is 0.367 e. The maximum Gasteiger partial charge on any atom is 0.126 e. The van der Waals surface area contributed by atoms with Gasteiger partial charge in [-0.3, -0.25) is 0 Å². The summed E-state index contributed by atoms with van der Waals surface area (Å²) >= 11 is 0. The third kappa shape index (κ3) is 3.18. The topological polar surface area (TPSA) is 37.0 Å². The average Bonchev–Trinajstić information content (AvgIpc) is 3.41. The van der Waals surface area contributed by atoms with Crippen molar-refractivity contribution in [1.29, 1.82) is 0 Å². The summed E-state index contributed by atoms with van der Waals surface area (Å²) in [4.78, 5) is 4.85. The van der Waals surface area contributed by atoms with Crippen LogP contribution in [0.4, 0.5) is 5.82 Å². The summed E-state index contributed by atoms with van der Waals surface area (Å²) in [6.07, 6.45) is 6.09. The number of benzene rings is 3. The normalized spacial score (nSPS) is 26.9. The fraction of sp³-hybridized carbons (Fsp3) is 0.323. The van der Waals surface area contributed by atoms with E-state index in [1.807, 2.05) is 0 Å². The third-order valence-corrected chi connectivity index (χ3v) is 8.57. The number of rotatable bonds is 5. The van der Waals surface area contributed by atoms with E-state index in [-0.39, 0.29) is 5.41 Å². The van der Waals surface area contributed by atoms with Crippen LogP contribution in [0.2, 0.25) is 0 Å². The monoisotopic (exact) mass is 445 g/mol. The summed E-state index contributed by atoms with van der Waals surface area (Å²) in [6, 6.07) is 32.0. The van der Waals surface area contributed by atoms with E-state index in [1.165, 1.54) is 31.1 Å². The van der Waals surface area contributed by atoms with Crippen LogP contribution in [-0.2, 0) is 5.41 Å². The van der Waals surface area contributed by atoms with E-state index in [2.05, 4.69) is 95.6 Å². The molecule has 170 valence electrons. The number of hydrogen-bond donors (Lipinski definition) is 2. The second-order valence-corrected chi connectivity index (χ2v) is 10.5. The van der Waals surface area contributed by atoms with Gasteiger partial charge in [0.05, 0.1) is 5.52 Å². The fourth-order valence-electron chi connectivity index (χ4n) is 7.02. The number of nitrogens with one attached hydrogen (secondary N) is 2. The molecule has 2 unspecified atom stereocenters. The molecule has 1 saturated carbocycles. The molecule has 3 aromatic carbocycles. The molecule has 1 heterocycles. The number of para-hydroxylation sites is 1. The number of aromatic nitrogens is 1. The summed E-state index contributed by atoms with van der Waals surface area (Å²) in [6.45, 7) is 1.03. The Hall–Kier alpha value is -3.17. The molecule has 3 aliphatic rings. The summed E-state index contributed by atoms with van der Waals surface area (Å²) in [5.74, 6) is 1.56. The van der Waals surface area contributed by atoms with Crippen LogP contribution in [0.15, 0.2) is 84.9 Å². The molecular formula is C31H31N3. The quantitative estimate of drug-likeness (QED) is 0.374. The maximum absolute atomic E-state index is 4.85. The highest BCUT2D eigenvalue weighted by atomic mass is 15.0. The van der Waals surface area contributed by atoms with Gasteiger partial charge >= 0.3 is 0 Å². The highest BCUT2D eigenvalue weighted by Crippen LogP contribution is 2.59. The number of nitrogens with zero attached hydrogens (tertiary/aromatic N) is 1. The molecule has 3 heteroatoms. The Kier molecular flexibility index (Phi) is 4.73. The van der Waals surface area contributed by atoms with Gasteiger partial charge in [-0.1, -0.05) is 66.7 Å². The highest BCUT2D eigenvalue weighted by molar-refractivity contribution is 5.80. The van der Waals surface area contributed by atoms with Crippen molar-refractivity contribution in [3.63, 3.8) is 0 Å². The minimum absolute atomic E-state index is 0.123. The van der Waals surface area contributed by atoms with E-state index in [1.54, 1.807) is 22.3 Å². The summed E-state index contributed by atoms with van der Waals surface area (Å²) < 4.78 is 0. The van der Waals surface area contributed by atoms with Crippen molar-refractivity contribution in [3.8, 4) is 0 Å². The third-order valence-electron chi connectivity index (χ3n) is 8.57. The molecule has 2 N–H and O–H groups in total. The van der Waals surface area contributed by atoms with Crippen LogP contribution in [0.3, 0.4) is 0 Å². The number of pyridine rings is 1. The zero-order valence-corrected chi connectivity index (χ0v) is 19.5. The average molecular weight is 446 g/mol. The summed E-state index contributed by atoms with van der Waals surface area (Å²) in [7, 11) is 0. The van der Waals surface area contributed by atoms with Crippen molar-refractivity contribution in [3.05, 3.63) is 107 Å². The number of hydrogen-bond acceptors (Lipinski definition) is 3. The summed E-state index contributed by atoms with van der Waals surface area (Å²) in [5.41, 5.74) is 7.39. The Bertz CT molecular complexity index is 1310. The van der Waals surface area contributed by atoms with Gasteiger partial charge in [0.15, 0.2) is 0 Å². The second kappa shape index (κ2) is 7.95. The maximum atomic E-state index is 4.85. The SMILES string of the molecule is c1ccc2c(c1)C1CC2(CNC2CCCC(Nc3ccc4ccccc4n3)C2)c2ccccc21. The second-order valence-electron chi connectivity index (χ2n) is 10.5. The van der Waals surface area contributed by atoms with Crippen molar-refractivity contribution in [2.45, 2.75) is 55.5 Å². The Morgan fingerprint density at radius 2 is 1.47 bits per heavy atom. The fourth-order valence-corrected chi connectivity index (χ4v) is 7.02. The first kappa shape index (κ1) is 20.2. The molecule has 2 atom stereocenters. The van der Waals surface area contributed by atoms with Crippen LogP contribution in [-0.4, -0.2) is 23.6 Å². The van der Waals surface area contributed by atoms with Gasteiger partial charge in [0.1, 0.15) is 5.82 Å². The Morgan fingerprint density at radius 1 is 0.765 bits per heavy atom. The van der Waals surface area contributed by atoms with Crippen LogP contribution in [0.5, 0.6) is 0 Å². The predicted molar refractivity (Wildman–Crippen MR) is 140 cm³/mol. The van der Waals surface area contributed by atoms with Crippen molar-refractivity contribution in [2.24, 2.45) is 0 Å². The van der Waals surface area contributed by atoms with E-state index >= 15 is 0 Å². The van der Waals surface area contributed by atoms with Crippen LogP contribution < -0.4 is 10.6 Å². The van der Waals surface area contributed by atoms with Gasteiger partial charge < -0.3 is 10.6 Å². The van der Waals surface area contributed by atoms with Crippen LogP contribution in [0.1, 0.15) is 60.3 Å². The highest BCUT2D eigenvalue weighted by Gasteiger charge is 2.52. The summed E-state index contributed by atoms with van der Waals surface area (Å²) in [5, 5.41) is 8.99. The zero-order valence-electron chi connectivity index (χ0n) is 19.5. The van der Waals surface area contributed by atoms with Gasteiger partial charge in [0.2, 0.25) is 0 Å². The molecule has 1 aromatic heterocycles. The Morgan fingerprint density at radius 3 is 2.29 bits per heavy atom. The molecule has 0 spiro atoms. The standard InChI is InChI=1S/C31H31N3/c1-6-15-29-21(8-1)16-17-30(34-29)33-23-10-7-9-22(18-23)32-20-31-19-26(24-11-2-4-13-27(24)31)25-12-3-5-14-28(25)31/h1-6,8,11-17,22-23,26,32H,7,9-10,18-20H2,(H,33,34). The van der Waals surface area contributed by atoms with Crippen LogP contribution in [0, 0.1) is 0 Å². The first-order valence-corrected chi connectivity index (χ1v) is 12.8. The molecule has 4 aromatic rings. The molecule has 0 amide bonds. The van der Waals surface area contributed by atoms with Crippen molar-refractivity contribution in [1.82, 2.24) is 10.3 Å². The first-order valence-electron chi connectivity index (χ1n) is 12.8. The van der Waals surface area contributed by atoms with E-state index in [0.717, 1.165) is 24.3 Å². The van der Waals surface area contributed by atoms with E-state index < -0.39 is 0 Å². The van der Waals surface area contributed by atoms with E-state index in [4.69, 9.17) is 4.98 Å². The molecule has 2 bridgehead atoms. The van der Waals surface area contributed by atoms with Crippen molar-refractivity contribution in [2.75, 3.05) is 11.9 Å². The molecule has 7 rings (SSSR count). The van der Waals surface area contributed by atoms with Crippen molar-refractivity contribution >= 4 is 16.7 Å². The van der Waals surface area contributed by atoms with Crippen LogP contribution in [0.25, 0.3) is 10.9 Å². The lowest BCUT2D eigenvalue weighted by Crippen LogP contribution is -2.45. The Balaban J connectivity index is 1.08.